The highest BCUT2D eigenvalue weighted by atomic mass is 19.1. The Hall–Kier alpha value is -2.43. The van der Waals surface area contributed by atoms with E-state index in [0.29, 0.717) is 23.1 Å². The molecular formula is C13H9FN2O2. The maximum Gasteiger partial charge on any atom is 0.179 e. The number of nitrogens with zero attached hydrogens (tertiary/aromatic N) is 1. The zero-order valence-electron chi connectivity index (χ0n) is 9.53. The number of aromatic amines is 1. The van der Waals surface area contributed by atoms with Gasteiger partial charge in [0, 0.05) is 22.2 Å². The number of hydrogen-bond acceptors (Lipinski definition) is 3. The van der Waals surface area contributed by atoms with Gasteiger partial charge in [0.15, 0.2) is 12.0 Å². The summed E-state index contributed by atoms with van der Waals surface area (Å²) in [6, 6.07) is 4.43. The van der Waals surface area contributed by atoms with Crippen LogP contribution in [-0.4, -0.2) is 16.4 Å². The zero-order valence-corrected chi connectivity index (χ0v) is 9.53. The van der Waals surface area contributed by atoms with Crippen molar-refractivity contribution in [1.29, 1.82) is 0 Å². The van der Waals surface area contributed by atoms with Gasteiger partial charge in [-0.15, -0.1) is 0 Å². The van der Waals surface area contributed by atoms with Crippen LogP contribution in [-0.2, 0) is 0 Å². The summed E-state index contributed by atoms with van der Waals surface area (Å²) in [6.07, 6.45) is 2.05. The highest BCUT2D eigenvalue weighted by Crippen LogP contribution is 2.33. The smallest absolute Gasteiger partial charge is 0.179 e. The van der Waals surface area contributed by atoms with Crippen molar-refractivity contribution in [2.75, 3.05) is 0 Å². The molecule has 0 atom stereocenters. The standard InChI is InChI=1S/C13H9FN2O2/c1-7-12(13-8(6-17)5-15-18-13)10-3-2-9(14)4-11(10)16-7/h2-6,16H,1H3. The number of benzene rings is 1. The van der Waals surface area contributed by atoms with Crippen molar-refractivity contribution in [2.45, 2.75) is 6.92 Å². The van der Waals surface area contributed by atoms with Crippen LogP contribution in [0.1, 0.15) is 16.1 Å². The van der Waals surface area contributed by atoms with E-state index in [1.165, 1.54) is 18.3 Å². The molecule has 90 valence electrons. The van der Waals surface area contributed by atoms with Crippen molar-refractivity contribution in [3.8, 4) is 11.3 Å². The van der Waals surface area contributed by atoms with Crippen LogP contribution in [0.2, 0.25) is 0 Å². The molecule has 5 heteroatoms. The quantitative estimate of drug-likeness (QED) is 0.705. The summed E-state index contributed by atoms with van der Waals surface area (Å²) >= 11 is 0. The number of aldehydes is 1. The van der Waals surface area contributed by atoms with Gasteiger partial charge in [-0.1, -0.05) is 5.16 Å². The second kappa shape index (κ2) is 3.80. The number of halogens is 1. The Bertz CT molecular complexity index is 743. The minimum Gasteiger partial charge on any atom is -0.358 e. The fourth-order valence-corrected chi connectivity index (χ4v) is 2.12. The third-order valence-electron chi connectivity index (χ3n) is 2.90. The van der Waals surface area contributed by atoms with E-state index in [0.717, 1.165) is 16.6 Å². The Morgan fingerprint density at radius 2 is 2.28 bits per heavy atom. The predicted octanol–water partition coefficient (Wildman–Crippen LogP) is 3.08. The Morgan fingerprint density at radius 1 is 1.44 bits per heavy atom. The van der Waals surface area contributed by atoms with Crippen molar-refractivity contribution in [3.05, 3.63) is 41.5 Å². The second-order valence-corrected chi connectivity index (χ2v) is 4.04. The fourth-order valence-electron chi connectivity index (χ4n) is 2.12. The van der Waals surface area contributed by atoms with E-state index in [2.05, 4.69) is 10.1 Å². The zero-order chi connectivity index (χ0) is 12.7. The maximum atomic E-state index is 13.2. The number of aromatic nitrogens is 2. The first-order chi connectivity index (χ1) is 8.70. The number of nitrogens with one attached hydrogen (secondary N) is 1. The highest BCUT2D eigenvalue weighted by Gasteiger charge is 2.18. The summed E-state index contributed by atoms with van der Waals surface area (Å²) in [5, 5.41) is 4.42. The van der Waals surface area contributed by atoms with Crippen molar-refractivity contribution in [3.63, 3.8) is 0 Å². The summed E-state index contributed by atoms with van der Waals surface area (Å²) in [5.74, 6) is 0.0869. The van der Waals surface area contributed by atoms with Crippen LogP contribution in [0.15, 0.2) is 28.9 Å². The lowest BCUT2D eigenvalue weighted by Crippen LogP contribution is -1.83. The first-order valence-corrected chi connectivity index (χ1v) is 5.38. The average Bonchev–Trinajstić information content (AvgIpc) is 2.90. The van der Waals surface area contributed by atoms with Crippen molar-refractivity contribution in [1.82, 2.24) is 10.1 Å². The van der Waals surface area contributed by atoms with Crippen LogP contribution in [0.25, 0.3) is 22.2 Å². The number of hydrogen-bond donors (Lipinski definition) is 1. The lowest BCUT2D eigenvalue weighted by molar-refractivity contribution is 0.112. The van der Waals surface area contributed by atoms with Crippen LogP contribution in [0.5, 0.6) is 0 Å². The van der Waals surface area contributed by atoms with E-state index < -0.39 is 0 Å². The molecule has 0 aliphatic carbocycles. The number of carbonyl (C=O) groups is 1. The van der Waals surface area contributed by atoms with Gasteiger partial charge >= 0.3 is 0 Å². The molecule has 1 aromatic carbocycles. The van der Waals surface area contributed by atoms with Gasteiger partial charge in [-0.05, 0) is 25.1 Å². The van der Waals surface area contributed by atoms with Crippen LogP contribution in [0.3, 0.4) is 0 Å². The second-order valence-electron chi connectivity index (χ2n) is 4.04. The largest absolute Gasteiger partial charge is 0.358 e. The number of aryl methyl sites for hydroxylation is 1. The number of rotatable bonds is 2. The molecule has 2 aromatic heterocycles. The molecule has 0 saturated heterocycles. The Labute approximate surface area is 101 Å². The average molecular weight is 244 g/mol. The number of carbonyl (C=O) groups excluding carboxylic acids is 1. The maximum absolute atomic E-state index is 13.2. The first-order valence-electron chi connectivity index (χ1n) is 5.38. The Kier molecular flexibility index (Phi) is 2.26. The van der Waals surface area contributed by atoms with Crippen LogP contribution >= 0.6 is 0 Å². The SMILES string of the molecule is Cc1[nH]c2cc(F)ccc2c1-c1oncc1C=O. The normalized spacial score (nSPS) is 11.0. The van der Waals surface area contributed by atoms with Gasteiger partial charge in [-0.3, -0.25) is 4.79 Å². The van der Waals surface area contributed by atoms with Gasteiger partial charge in [0.2, 0.25) is 0 Å². The molecule has 2 heterocycles. The van der Waals surface area contributed by atoms with Crippen molar-refractivity contribution < 1.29 is 13.7 Å². The van der Waals surface area contributed by atoms with E-state index in [4.69, 9.17) is 4.52 Å². The van der Waals surface area contributed by atoms with Crippen molar-refractivity contribution in [2.24, 2.45) is 0 Å². The minimum atomic E-state index is -0.316. The number of H-pyrrole nitrogens is 1. The van der Waals surface area contributed by atoms with Gasteiger partial charge < -0.3 is 9.51 Å². The lowest BCUT2D eigenvalue weighted by Gasteiger charge is -1.97. The van der Waals surface area contributed by atoms with Gasteiger partial charge in [0.05, 0.1) is 11.8 Å². The molecule has 0 aliphatic rings. The molecule has 0 fully saturated rings. The molecule has 0 amide bonds. The Morgan fingerprint density at radius 3 is 3.06 bits per heavy atom. The monoisotopic (exact) mass is 244 g/mol. The molecule has 0 saturated carbocycles. The van der Waals surface area contributed by atoms with E-state index in [1.807, 2.05) is 6.92 Å². The van der Waals surface area contributed by atoms with Gasteiger partial charge in [0.1, 0.15) is 5.82 Å². The van der Waals surface area contributed by atoms with E-state index >= 15 is 0 Å². The topological polar surface area (TPSA) is 58.9 Å². The third-order valence-corrected chi connectivity index (χ3v) is 2.90. The molecular weight excluding hydrogens is 235 g/mol. The van der Waals surface area contributed by atoms with Crippen LogP contribution < -0.4 is 0 Å². The third kappa shape index (κ3) is 1.44. The van der Waals surface area contributed by atoms with Gasteiger partial charge in [-0.2, -0.15) is 0 Å². The number of fused-ring (bicyclic) bond motifs is 1. The van der Waals surface area contributed by atoms with Gasteiger partial charge in [-0.25, -0.2) is 4.39 Å². The van der Waals surface area contributed by atoms with Crippen molar-refractivity contribution >= 4 is 17.2 Å². The van der Waals surface area contributed by atoms with E-state index in [9.17, 15) is 9.18 Å². The summed E-state index contributed by atoms with van der Waals surface area (Å²) < 4.78 is 18.3. The summed E-state index contributed by atoms with van der Waals surface area (Å²) in [5.41, 5.74) is 2.58. The molecule has 0 bridgehead atoms. The van der Waals surface area contributed by atoms with Crippen LogP contribution in [0, 0.1) is 12.7 Å². The van der Waals surface area contributed by atoms with E-state index in [1.54, 1.807) is 6.07 Å². The molecule has 0 radical (unpaired) electrons. The fraction of sp³-hybridized carbons (Fsp3) is 0.0769. The highest BCUT2D eigenvalue weighted by molar-refractivity contribution is 5.99. The minimum absolute atomic E-state index is 0.316. The summed E-state index contributed by atoms with van der Waals surface area (Å²) in [7, 11) is 0. The predicted molar refractivity (Wildman–Crippen MR) is 63.9 cm³/mol. The van der Waals surface area contributed by atoms with E-state index in [-0.39, 0.29) is 5.82 Å². The molecule has 0 aliphatic heterocycles. The Balaban J connectivity index is 2.35. The molecule has 3 rings (SSSR count). The summed E-state index contributed by atoms with van der Waals surface area (Å²) in [4.78, 5) is 14.0. The lowest BCUT2D eigenvalue weighted by atomic mass is 10.1. The molecule has 18 heavy (non-hydrogen) atoms. The molecule has 3 aromatic rings. The molecule has 4 nitrogen and oxygen atoms in total. The first kappa shape index (κ1) is 10.7. The van der Waals surface area contributed by atoms with Crippen LogP contribution in [0.4, 0.5) is 4.39 Å². The molecule has 1 N–H and O–H groups in total. The molecule has 0 spiro atoms. The summed E-state index contributed by atoms with van der Waals surface area (Å²) in [6.45, 7) is 1.84. The van der Waals surface area contributed by atoms with Gasteiger partial charge in [0.25, 0.3) is 0 Å². The molecule has 0 unspecified atom stereocenters.